The molecule has 2 aromatic rings. The zero-order valence-corrected chi connectivity index (χ0v) is 15.3. The maximum absolute atomic E-state index is 12.3. The molecule has 0 unspecified atom stereocenters. The maximum atomic E-state index is 12.3. The molecular formula is C20H25N3O3. The minimum atomic E-state index is 0.0605. The molecule has 138 valence electrons. The number of carbonyl (C=O) groups is 1. The Morgan fingerprint density at radius 3 is 2.58 bits per heavy atom. The van der Waals surface area contributed by atoms with Crippen LogP contribution in [0.4, 0.5) is 0 Å². The highest BCUT2D eigenvalue weighted by molar-refractivity contribution is 5.79. The number of hydrogen-bond acceptors (Lipinski definition) is 5. The summed E-state index contributed by atoms with van der Waals surface area (Å²) in [6, 6.07) is 8.25. The molecule has 0 atom stereocenters. The summed E-state index contributed by atoms with van der Waals surface area (Å²) < 4.78 is 11.1. The molecule has 1 heterocycles. The smallest absolute Gasteiger partial charge is 0.316 e. The average Bonchev–Trinajstić information content (AvgIpc) is 2.64. The molecule has 6 heteroatoms. The zero-order chi connectivity index (χ0) is 18.4. The second-order valence-electron chi connectivity index (χ2n) is 6.67. The van der Waals surface area contributed by atoms with Crippen LogP contribution in [0.15, 0.2) is 36.7 Å². The number of amides is 1. The lowest BCUT2D eigenvalue weighted by molar-refractivity contribution is -0.121. The predicted octanol–water partition coefficient (Wildman–Crippen LogP) is 2.84. The van der Waals surface area contributed by atoms with Crippen molar-refractivity contribution in [1.29, 1.82) is 0 Å². The Balaban J connectivity index is 1.44. The van der Waals surface area contributed by atoms with Crippen LogP contribution >= 0.6 is 0 Å². The van der Waals surface area contributed by atoms with Crippen LogP contribution in [0, 0.1) is 6.92 Å². The minimum absolute atomic E-state index is 0.0605. The van der Waals surface area contributed by atoms with Gasteiger partial charge < -0.3 is 14.8 Å². The molecule has 1 fully saturated rings. The van der Waals surface area contributed by atoms with Crippen LogP contribution in [0.1, 0.15) is 36.8 Å². The summed E-state index contributed by atoms with van der Waals surface area (Å²) in [6.45, 7) is 1.98. The fourth-order valence-electron chi connectivity index (χ4n) is 3.33. The van der Waals surface area contributed by atoms with Crippen LogP contribution in [0.25, 0.3) is 0 Å². The Kier molecular flexibility index (Phi) is 6.04. The lowest BCUT2D eigenvalue weighted by Crippen LogP contribution is -2.40. The third-order valence-electron chi connectivity index (χ3n) is 4.68. The van der Waals surface area contributed by atoms with Gasteiger partial charge in [0.05, 0.1) is 13.5 Å². The number of methoxy groups -OCH3 is 1. The topological polar surface area (TPSA) is 73.3 Å². The number of aryl methyl sites for hydroxylation is 1. The van der Waals surface area contributed by atoms with Crippen molar-refractivity contribution >= 4 is 5.91 Å². The fourth-order valence-corrected chi connectivity index (χ4v) is 3.33. The van der Waals surface area contributed by atoms with E-state index >= 15 is 0 Å². The molecule has 0 bridgehead atoms. The molecule has 1 amide bonds. The molecule has 1 aliphatic rings. The van der Waals surface area contributed by atoms with Gasteiger partial charge in [-0.15, -0.1) is 0 Å². The van der Waals surface area contributed by atoms with Gasteiger partial charge in [-0.1, -0.05) is 12.1 Å². The lowest BCUT2D eigenvalue weighted by atomic mass is 9.92. The highest BCUT2D eigenvalue weighted by Crippen LogP contribution is 2.22. The van der Waals surface area contributed by atoms with E-state index in [4.69, 9.17) is 9.47 Å². The summed E-state index contributed by atoms with van der Waals surface area (Å²) in [5.74, 6) is 0.903. The van der Waals surface area contributed by atoms with Gasteiger partial charge in [-0.25, -0.2) is 9.97 Å². The highest BCUT2D eigenvalue weighted by Gasteiger charge is 2.24. The summed E-state index contributed by atoms with van der Waals surface area (Å²) in [5, 5.41) is 3.14. The molecule has 0 radical (unpaired) electrons. The largest absolute Gasteiger partial charge is 0.496 e. The Bertz CT molecular complexity index is 728. The molecule has 0 spiro atoms. The fraction of sp³-hybridized carbons (Fsp3) is 0.450. The molecule has 6 nitrogen and oxygen atoms in total. The van der Waals surface area contributed by atoms with Crippen LogP contribution in [0.2, 0.25) is 0 Å². The summed E-state index contributed by atoms with van der Waals surface area (Å²) in [7, 11) is 1.65. The van der Waals surface area contributed by atoms with Crippen molar-refractivity contribution in [2.24, 2.45) is 0 Å². The van der Waals surface area contributed by atoms with E-state index in [2.05, 4.69) is 15.3 Å². The molecule has 3 rings (SSSR count). The SMILES string of the molecule is COc1ccc(CC(=O)NC2CCC(Oc3ncccn3)CC2)cc1C. The Labute approximate surface area is 154 Å². The molecule has 1 aromatic carbocycles. The van der Waals surface area contributed by atoms with Gasteiger partial charge in [0.2, 0.25) is 5.91 Å². The van der Waals surface area contributed by atoms with Crippen LogP contribution in [-0.2, 0) is 11.2 Å². The van der Waals surface area contributed by atoms with Gasteiger partial charge in [0, 0.05) is 18.4 Å². The lowest BCUT2D eigenvalue weighted by Gasteiger charge is -2.28. The molecular weight excluding hydrogens is 330 g/mol. The summed E-state index contributed by atoms with van der Waals surface area (Å²) >= 11 is 0. The van der Waals surface area contributed by atoms with E-state index in [-0.39, 0.29) is 18.1 Å². The van der Waals surface area contributed by atoms with Crippen molar-refractivity contribution in [2.45, 2.75) is 51.2 Å². The molecule has 0 saturated heterocycles. The van der Waals surface area contributed by atoms with Crippen molar-refractivity contribution in [3.8, 4) is 11.8 Å². The second-order valence-corrected chi connectivity index (χ2v) is 6.67. The monoisotopic (exact) mass is 355 g/mol. The molecule has 0 aliphatic heterocycles. The third kappa shape index (κ3) is 4.94. The van der Waals surface area contributed by atoms with Gasteiger partial charge in [-0.2, -0.15) is 0 Å². The Morgan fingerprint density at radius 2 is 1.92 bits per heavy atom. The number of aromatic nitrogens is 2. The van der Waals surface area contributed by atoms with Crippen molar-refractivity contribution in [3.63, 3.8) is 0 Å². The number of hydrogen-bond donors (Lipinski definition) is 1. The second kappa shape index (κ2) is 8.65. The van der Waals surface area contributed by atoms with Gasteiger partial charge >= 0.3 is 6.01 Å². The molecule has 1 N–H and O–H groups in total. The first kappa shape index (κ1) is 18.2. The first-order valence-electron chi connectivity index (χ1n) is 9.00. The van der Waals surface area contributed by atoms with E-state index in [0.29, 0.717) is 12.4 Å². The number of benzene rings is 1. The van der Waals surface area contributed by atoms with Gasteiger partial charge in [0.1, 0.15) is 11.9 Å². The standard InChI is InChI=1S/C20H25N3O3/c1-14-12-15(4-9-18(14)25-2)13-19(24)23-16-5-7-17(8-6-16)26-20-21-10-3-11-22-20/h3-4,9-12,16-17H,5-8,13H2,1-2H3,(H,23,24). The Morgan fingerprint density at radius 1 is 1.19 bits per heavy atom. The first-order valence-corrected chi connectivity index (χ1v) is 9.00. The van der Waals surface area contributed by atoms with Crippen LogP contribution in [0.3, 0.4) is 0 Å². The predicted molar refractivity (Wildman–Crippen MR) is 98.3 cm³/mol. The van der Waals surface area contributed by atoms with Crippen molar-refractivity contribution < 1.29 is 14.3 Å². The van der Waals surface area contributed by atoms with E-state index in [9.17, 15) is 4.79 Å². The minimum Gasteiger partial charge on any atom is -0.496 e. The van der Waals surface area contributed by atoms with Crippen LogP contribution in [-0.4, -0.2) is 35.1 Å². The normalized spacial score (nSPS) is 19.6. The molecule has 26 heavy (non-hydrogen) atoms. The van der Waals surface area contributed by atoms with Gasteiger partial charge in [-0.3, -0.25) is 4.79 Å². The van der Waals surface area contributed by atoms with Crippen LogP contribution < -0.4 is 14.8 Å². The summed E-state index contributed by atoms with van der Waals surface area (Å²) in [6.07, 6.45) is 7.46. The molecule has 1 aliphatic carbocycles. The van der Waals surface area contributed by atoms with E-state index < -0.39 is 0 Å². The number of carbonyl (C=O) groups excluding carboxylic acids is 1. The number of rotatable bonds is 6. The maximum Gasteiger partial charge on any atom is 0.316 e. The molecule has 1 saturated carbocycles. The van der Waals surface area contributed by atoms with E-state index in [1.165, 1.54) is 0 Å². The van der Waals surface area contributed by atoms with Gasteiger partial charge in [0.25, 0.3) is 0 Å². The van der Waals surface area contributed by atoms with Gasteiger partial charge in [0.15, 0.2) is 0 Å². The number of nitrogens with zero attached hydrogens (tertiary/aromatic N) is 2. The van der Waals surface area contributed by atoms with Crippen molar-refractivity contribution in [2.75, 3.05) is 7.11 Å². The van der Waals surface area contributed by atoms with E-state index in [1.54, 1.807) is 25.6 Å². The Hall–Kier alpha value is -2.63. The summed E-state index contributed by atoms with van der Waals surface area (Å²) in [5.41, 5.74) is 2.04. The number of ether oxygens (including phenoxy) is 2. The molecule has 1 aromatic heterocycles. The van der Waals surface area contributed by atoms with E-state index in [0.717, 1.165) is 42.6 Å². The van der Waals surface area contributed by atoms with Crippen molar-refractivity contribution in [1.82, 2.24) is 15.3 Å². The van der Waals surface area contributed by atoms with E-state index in [1.807, 2.05) is 25.1 Å². The summed E-state index contributed by atoms with van der Waals surface area (Å²) in [4.78, 5) is 20.5. The number of nitrogens with one attached hydrogen (secondary N) is 1. The van der Waals surface area contributed by atoms with Crippen molar-refractivity contribution in [3.05, 3.63) is 47.8 Å². The quantitative estimate of drug-likeness (QED) is 0.862. The average molecular weight is 355 g/mol. The highest BCUT2D eigenvalue weighted by atomic mass is 16.5. The third-order valence-corrected chi connectivity index (χ3v) is 4.68. The zero-order valence-electron chi connectivity index (χ0n) is 15.3. The van der Waals surface area contributed by atoms with Gasteiger partial charge in [-0.05, 0) is 55.9 Å². The van der Waals surface area contributed by atoms with Crippen LogP contribution in [0.5, 0.6) is 11.8 Å². The first-order chi connectivity index (χ1) is 12.6.